The van der Waals surface area contributed by atoms with Gasteiger partial charge in [0.15, 0.2) is 0 Å². The Balaban J connectivity index is 1.80. The van der Waals surface area contributed by atoms with E-state index < -0.39 is 6.10 Å². The van der Waals surface area contributed by atoms with E-state index in [0.717, 1.165) is 18.4 Å². The molecule has 0 unspecified atom stereocenters. The molecule has 0 bridgehead atoms. The molecule has 6 atom stereocenters. The number of amides is 1. The van der Waals surface area contributed by atoms with Crippen molar-refractivity contribution in [2.45, 2.75) is 78.2 Å². The summed E-state index contributed by atoms with van der Waals surface area (Å²) < 4.78 is 5.98. The van der Waals surface area contributed by atoms with Crippen molar-refractivity contribution in [3.8, 4) is 0 Å². The summed E-state index contributed by atoms with van der Waals surface area (Å²) in [6.45, 7) is 11.7. The Labute approximate surface area is 223 Å². The largest absolute Gasteiger partial charge is 0.394 e. The van der Waals surface area contributed by atoms with Crippen molar-refractivity contribution in [2.75, 3.05) is 6.61 Å². The van der Waals surface area contributed by atoms with Crippen LogP contribution in [0.3, 0.4) is 0 Å². The molecule has 1 aromatic carbocycles. The van der Waals surface area contributed by atoms with E-state index >= 15 is 0 Å². The van der Waals surface area contributed by atoms with Crippen LogP contribution >= 0.6 is 0 Å². The first-order valence-corrected chi connectivity index (χ1v) is 13.3. The number of aryl methyl sites for hydroxylation is 1. The number of hydrogen-bond donors (Lipinski definition) is 3. The van der Waals surface area contributed by atoms with Crippen LogP contribution < -0.4 is 5.32 Å². The number of epoxide rings is 1. The van der Waals surface area contributed by atoms with Gasteiger partial charge in [0, 0.05) is 17.5 Å². The highest BCUT2D eigenvalue weighted by molar-refractivity contribution is 5.93. The van der Waals surface area contributed by atoms with E-state index in [-0.39, 0.29) is 36.2 Å². The molecule has 5 nitrogen and oxygen atoms in total. The fourth-order valence-corrected chi connectivity index (χ4v) is 4.35. The van der Waals surface area contributed by atoms with E-state index in [0.29, 0.717) is 11.5 Å². The van der Waals surface area contributed by atoms with E-state index in [1.54, 1.807) is 26.0 Å². The van der Waals surface area contributed by atoms with Crippen LogP contribution in [-0.2, 0) is 16.0 Å². The predicted molar refractivity (Wildman–Crippen MR) is 152 cm³/mol. The lowest BCUT2D eigenvalue weighted by Gasteiger charge is -2.20. The summed E-state index contributed by atoms with van der Waals surface area (Å²) in [5.74, 6) is 0.190. The van der Waals surface area contributed by atoms with Crippen molar-refractivity contribution in [1.82, 2.24) is 5.32 Å². The van der Waals surface area contributed by atoms with Gasteiger partial charge in [0.2, 0.25) is 5.91 Å². The Morgan fingerprint density at radius 2 is 1.73 bits per heavy atom. The molecule has 37 heavy (non-hydrogen) atoms. The second kappa shape index (κ2) is 14.9. The molecule has 1 heterocycles. The van der Waals surface area contributed by atoms with Gasteiger partial charge in [-0.25, -0.2) is 0 Å². The lowest BCUT2D eigenvalue weighted by Crippen LogP contribution is -2.35. The normalized spacial score (nSPS) is 23.9. The molecular weight excluding hydrogens is 462 g/mol. The molecule has 2 rings (SSSR count). The first-order chi connectivity index (χ1) is 17.6. The molecule has 0 radical (unpaired) electrons. The van der Waals surface area contributed by atoms with Gasteiger partial charge in [-0.05, 0) is 57.6 Å². The van der Waals surface area contributed by atoms with Gasteiger partial charge >= 0.3 is 0 Å². The molecule has 1 fully saturated rings. The maximum Gasteiger partial charge on any atom is 0.247 e. The van der Waals surface area contributed by atoms with E-state index in [1.165, 1.54) is 5.56 Å². The van der Waals surface area contributed by atoms with Crippen LogP contribution in [0.1, 0.15) is 53.5 Å². The third-order valence-corrected chi connectivity index (χ3v) is 6.84. The minimum atomic E-state index is -0.537. The Kier molecular flexibility index (Phi) is 12.3. The summed E-state index contributed by atoms with van der Waals surface area (Å²) in [6.07, 6.45) is 16.9. The van der Waals surface area contributed by atoms with E-state index in [2.05, 4.69) is 42.6 Å². The number of aliphatic hydroxyl groups is 2. The molecular formula is C32H45NO4. The monoisotopic (exact) mass is 507 g/mol. The SMILES string of the molecule is C\C(=C/C=C/C=C/C=C/[C@@]1(C)O[C@@H]1[C@@H](C)[C@@H](O)/C(C)=C/[C@@H](C)CCc1ccccc1)C(=O)N[C@@H](C)CO. The molecule has 3 N–H and O–H groups in total. The molecule has 0 aromatic heterocycles. The van der Waals surface area contributed by atoms with Crippen molar-refractivity contribution in [3.05, 3.63) is 95.6 Å². The lowest BCUT2D eigenvalue weighted by molar-refractivity contribution is -0.118. The zero-order valence-electron chi connectivity index (χ0n) is 23.2. The van der Waals surface area contributed by atoms with Crippen molar-refractivity contribution in [1.29, 1.82) is 0 Å². The molecule has 1 aliphatic rings. The maximum absolute atomic E-state index is 11.9. The summed E-state index contributed by atoms with van der Waals surface area (Å²) in [5, 5.41) is 22.7. The van der Waals surface area contributed by atoms with Crippen LogP contribution in [0.4, 0.5) is 0 Å². The van der Waals surface area contributed by atoms with Gasteiger partial charge < -0.3 is 20.3 Å². The first kappa shape index (κ1) is 30.5. The van der Waals surface area contributed by atoms with Gasteiger partial charge in [-0.15, -0.1) is 0 Å². The number of ether oxygens (including phenoxy) is 1. The Bertz CT molecular complexity index is 1010. The van der Waals surface area contributed by atoms with Gasteiger partial charge in [0.25, 0.3) is 0 Å². The number of aliphatic hydroxyl groups excluding tert-OH is 2. The van der Waals surface area contributed by atoms with E-state index in [9.17, 15) is 9.90 Å². The van der Waals surface area contributed by atoms with Crippen LogP contribution in [0, 0.1) is 11.8 Å². The van der Waals surface area contributed by atoms with Crippen LogP contribution in [-0.4, -0.2) is 46.6 Å². The van der Waals surface area contributed by atoms with Gasteiger partial charge in [-0.3, -0.25) is 4.79 Å². The summed E-state index contributed by atoms with van der Waals surface area (Å²) in [6, 6.07) is 10.2. The van der Waals surface area contributed by atoms with Crippen LogP contribution in [0.2, 0.25) is 0 Å². The smallest absolute Gasteiger partial charge is 0.247 e. The zero-order chi connectivity index (χ0) is 27.4. The van der Waals surface area contributed by atoms with E-state index in [1.807, 2.05) is 57.2 Å². The molecule has 0 aliphatic carbocycles. The van der Waals surface area contributed by atoms with Gasteiger partial charge in [-0.1, -0.05) is 92.8 Å². The summed E-state index contributed by atoms with van der Waals surface area (Å²) in [5.41, 5.74) is 2.54. The fourth-order valence-electron chi connectivity index (χ4n) is 4.35. The van der Waals surface area contributed by atoms with E-state index in [4.69, 9.17) is 9.84 Å². The number of benzene rings is 1. The van der Waals surface area contributed by atoms with Gasteiger partial charge in [0.05, 0.1) is 18.8 Å². The van der Waals surface area contributed by atoms with Gasteiger partial charge in [-0.2, -0.15) is 0 Å². The Hall–Kier alpha value is -2.73. The molecule has 1 aliphatic heterocycles. The Morgan fingerprint density at radius 1 is 1.08 bits per heavy atom. The third kappa shape index (κ3) is 10.3. The summed E-state index contributed by atoms with van der Waals surface area (Å²) >= 11 is 0. The number of hydrogen-bond acceptors (Lipinski definition) is 4. The molecule has 1 amide bonds. The van der Waals surface area contributed by atoms with Crippen LogP contribution in [0.15, 0.2) is 90.1 Å². The predicted octanol–water partition coefficient (Wildman–Crippen LogP) is 5.47. The number of nitrogens with one attached hydrogen (secondary N) is 1. The standard InChI is InChI=1S/C32H45NO4/c1-23(18-19-28-16-12-10-13-17-28)21-25(3)29(35)27(5)30-32(6,37-30)20-14-9-7-8-11-15-24(2)31(36)33-26(4)22-34/h7-17,20-21,23,26-27,29-30,34-35H,18-19,22H2,1-6H3,(H,33,36)/b9-7+,11-8+,20-14+,24-15+,25-21+/t23-,26-,27-,29-,30+,32+/m0/s1. The van der Waals surface area contributed by atoms with Gasteiger partial charge in [0.1, 0.15) is 5.60 Å². The lowest BCUT2D eigenvalue weighted by atomic mass is 9.87. The second-order valence-electron chi connectivity index (χ2n) is 10.5. The topological polar surface area (TPSA) is 82.1 Å². The molecule has 1 saturated heterocycles. The van der Waals surface area contributed by atoms with Crippen molar-refractivity contribution < 1.29 is 19.7 Å². The number of carbonyl (C=O) groups is 1. The fraction of sp³-hybridized carbons (Fsp3) is 0.469. The molecule has 0 spiro atoms. The average Bonchev–Trinajstić information content (AvgIpc) is 3.57. The Morgan fingerprint density at radius 3 is 2.41 bits per heavy atom. The molecule has 202 valence electrons. The number of carbonyl (C=O) groups excluding carboxylic acids is 1. The average molecular weight is 508 g/mol. The maximum atomic E-state index is 11.9. The minimum Gasteiger partial charge on any atom is -0.394 e. The number of allylic oxidation sites excluding steroid dienone is 7. The highest BCUT2D eigenvalue weighted by Gasteiger charge is 2.54. The van der Waals surface area contributed by atoms with Crippen molar-refractivity contribution in [3.63, 3.8) is 0 Å². The highest BCUT2D eigenvalue weighted by Crippen LogP contribution is 2.44. The first-order valence-electron chi connectivity index (χ1n) is 13.3. The molecule has 0 saturated carbocycles. The zero-order valence-corrected chi connectivity index (χ0v) is 23.2. The summed E-state index contributed by atoms with van der Waals surface area (Å²) in [7, 11) is 0. The number of rotatable bonds is 14. The highest BCUT2D eigenvalue weighted by atomic mass is 16.6. The minimum absolute atomic E-state index is 0.0103. The van der Waals surface area contributed by atoms with Crippen LogP contribution in [0.25, 0.3) is 0 Å². The third-order valence-electron chi connectivity index (χ3n) is 6.84. The summed E-state index contributed by atoms with van der Waals surface area (Å²) in [4.78, 5) is 11.9. The second-order valence-corrected chi connectivity index (χ2v) is 10.5. The molecule has 5 heteroatoms. The molecule has 1 aromatic rings. The quantitative estimate of drug-likeness (QED) is 0.135. The van der Waals surface area contributed by atoms with Crippen molar-refractivity contribution >= 4 is 5.91 Å². The van der Waals surface area contributed by atoms with Crippen LogP contribution in [0.5, 0.6) is 0 Å². The van der Waals surface area contributed by atoms with Crippen molar-refractivity contribution in [2.24, 2.45) is 11.8 Å².